The van der Waals surface area contributed by atoms with E-state index in [4.69, 9.17) is 17.3 Å². The molecule has 0 saturated carbocycles. The summed E-state index contributed by atoms with van der Waals surface area (Å²) < 4.78 is 0.314. The van der Waals surface area contributed by atoms with Crippen LogP contribution in [0.3, 0.4) is 0 Å². The summed E-state index contributed by atoms with van der Waals surface area (Å²) in [5.74, 6) is -1.36. The van der Waals surface area contributed by atoms with Crippen LogP contribution in [0.15, 0.2) is 10.5 Å². The van der Waals surface area contributed by atoms with Gasteiger partial charge in [0.05, 0.1) is 4.91 Å². The average Bonchev–Trinajstić information content (AvgIpc) is 2.31. The Hall–Kier alpha value is -0.880. The number of allylic oxidation sites excluding steroid dienone is 1. The molecule has 0 aliphatic carbocycles. The van der Waals surface area contributed by atoms with E-state index in [9.17, 15) is 9.59 Å². The third kappa shape index (κ3) is 2.13. The number of thiocarbonyl (C=S) groups is 1. The number of thioether (sulfide) groups is 1. The molecule has 0 aromatic rings. The van der Waals surface area contributed by atoms with Crippen LogP contribution in [-0.2, 0) is 9.59 Å². The van der Waals surface area contributed by atoms with Gasteiger partial charge in [-0.3, -0.25) is 14.5 Å². The van der Waals surface area contributed by atoms with Crippen LogP contribution < -0.4 is 0 Å². The van der Waals surface area contributed by atoms with E-state index in [0.29, 0.717) is 9.23 Å². The van der Waals surface area contributed by atoms with Crippen molar-refractivity contribution in [1.29, 1.82) is 0 Å². The Morgan fingerprint density at radius 3 is 2.50 bits per heavy atom. The summed E-state index contributed by atoms with van der Waals surface area (Å²) in [5, 5.41) is 8.56. The van der Waals surface area contributed by atoms with Crippen molar-refractivity contribution in [1.82, 2.24) is 4.90 Å². The van der Waals surface area contributed by atoms with Crippen LogP contribution in [-0.4, -0.2) is 32.7 Å². The number of hydrogen-bond donors (Lipinski definition) is 1. The van der Waals surface area contributed by atoms with Crippen molar-refractivity contribution in [2.45, 2.75) is 13.8 Å². The summed E-state index contributed by atoms with van der Waals surface area (Å²) in [6, 6.07) is 0. The second-order valence-corrected chi connectivity index (χ2v) is 4.63. The maximum Gasteiger partial charge on any atom is 0.323 e. The molecule has 1 rings (SSSR count). The van der Waals surface area contributed by atoms with Gasteiger partial charge in [-0.2, -0.15) is 0 Å². The molecule has 1 N–H and O–H groups in total. The molecule has 1 aliphatic heterocycles. The van der Waals surface area contributed by atoms with Gasteiger partial charge in [-0.15, -0.1) is 0 Å². The standard InChI is InChI=1S/C8H9NO3S2/c1-4(2)6-7(12)9(3-5(10)11)8(13)14-6/h3H2,1-2H3,(H,10,11). The molecule has 14 heavy (non-hydrogen) atoms. The summed E-state index contributed by atoms with van der Waals surface area (Å²) in [5.41, 5.74) is 0.857. The predicted octanol–water partition coefficient (Wildman–Crippen LogP) is 1.23. The molecule has 1 saturated heterocycles. The van der Waals surface area contributed by atoms with E-state index in [2.05, 4.69) is 0 Å². The van der Waals surface area contributed by atoms with Crippen molar-refractivity contribution >= 4 is 40.2 Å². The Bertz CT molecular complexity index is 344. The van der Waals surface area contributed by atoms with Crippen LogP contribution in [0.1, 0.15) is 13.8 Å². The van der Waals surface area contributed by atoms with Crippen LogP contribution in [0.4, 0.5) is 0 Å². The maximum absolute atomic E-state index is 11.6. The average molecular weight is 231 g/mol. The molecule has 0 atom stereocenters. The molecule has 1 aliphatic rings. The van der Waals surface area contributed by atoms with E-state index in [1.54, 1.807) is 13.8 Å². The van der Waals surface area contributed by atoms with E-state index in [0.717, 1.165) is 22.2 Å². The molecular formula is C8H9NO3S2. The van der Waals surface area contributed by atoms with Crippen LogP contribution in [0.25, 0.3) is 0 Å². The van der Waals surface area contributed by atoms with E-state index in [-0.39, 0.29) is 12.5 Å². The normalized spacial score (nSPS) is 16.4. The van der Waals surface area contributed by atoms with E-state index >= 15 is 0 Å². The van der Waals surface area contributed by atoms with Crippen LogP contribution in [0.5, 0.6) is 0 Å². The fourth-order valence-corrected chi connectivity index (χ4v) is 2.21. The van der Waals surface area contributed by atoms with Gasteiger partial charge in [0.15, 0.2) is 0 Å². The van der Waals surface area contributed by atoms with Gasteiger partial charge in [0.2, 0.25) is 0 Å². The molecule has 4 nitrogen and oxygen atoms in total. The number of carbonyl (C=O) groups is 2. The number of carbonyl (C=O) groups excluding carboxylic acids is 1. The Labute approximate surface area is 91.0 Å². The van der Waals surface area contributed by atoms with Gasteiger partial charge < -0.3 is 5.11 Å². The number of rotatable bonds is 2. The zero-order chi connectivity index (χ0) is 10.9. The second-order valence-electron chi connectivity index (χ2n) is 2.98. The van der Waals surface area contributed by atoms with Gasteiger partial charge in [0.1, 0.15) is 10.9 Å². The van der Waals surface area contributed by atoms with Gasteiger partial charge >= 0.3 is 5.97 Å². The fraction of sp³-hybridized carbons (Fsp3) is 0.375. The minimum absolute atomic E-state index is 0.303. The lowest BCUT2D eigenvalue weighted by atomic mass is 10.3. The highest BCUT2D eigenvalue weighted by atomic mass is 32.2. The van der Waals surface area contributed by atoms with Gasteiger partial charge in [0.25, 0.3) is 5.91 Å². The van der Waals surface area contributed by atoms with Crippen LogP contribution in [0.2, 0.25) is 0 Å². The summed E-state index contributed by atoms with van der Waals surface area (Å²) >= 11 is 6.06. The Kier molecular flexibility index (Phi) is 3.28. The molecule has 1 fully saturated rings. The van der Waals surface area contributed by atoms with Crippen molar-refractivity contribution in [3.8, 4) is 0 Å². The fourth-order valence-electron chi connectivity index (χ4n) is 0.979. The summed E-state index contributed by atoms with van der Waals surface area (Å²) in [6.45, 7) is 3.24. The van der Waals surface area contributed by atoms with Crippen molar-refractivity contribution in [3.63, 3.8) is 0 Å². The van der Waals surface area contributed by atoms with Gasteiger partial charge in [-0.05, 0) is 13.8 Å². The van der Waals surface area contributed by atoms with Gasteiger partial charge in [-0.1, -0.05) is 29.6 Å². The Morgan fingerprint density at radius 2 is 2.14 bits per heavy atom. The largest absolute Gasteiger partial charge is 0.480 e. The van der Waals surface area contributed by atoms with Crippen LogP contribution in [0, 0.1) is 0 Å². The molecule has 6 heteroatoms. The predicted molar refractivity (Wildman–Crippen MR) is 57.9 cm³/mol. The van der Waals surface area contributed by atoms with Gasteiger partial charge in [-0.25, -0.2) is 0 Å². The van der Waals surface area contributed by atoms with E-state index in [1.807, 2.05) is 0 Å². The highest BCUT2D eigenvalue weighted by molar-refractivity contribution is 8.26. The zero-order valence-corrected chi connectivity index (χ0v) is 9.37. The molecule has 0 bridgehead atoms. The molecule has 0 spiro atoms. The quantitative estimate of drug-likeness (QED) is 0.572. The molecule has 0 unspecified atom stereocenters. The van der Waals surface area contributed by atoms with Crippen molar-refractivity contribution in [2.75, 3.05) is 6.54 Å². The first-order chi connectivity index (χ1) is 6.43. The lowest BCUT2D eigenvalue weighted by Crippen LogP contribution is -2.33. The van der Waals surface area contributed by atoms with Gasteiger partial charge in [0, 0.05) is 0 Å². The summed E-state index contributed by atoms with van der Waals surface area (Å²) in [6.07, 6.45) is 0. The van der Waals surface area contributed by atoms with Crippen LogP contribution >= 0.6 is 24.0 Å². The minimum atomic E-state index is -1.06. The summed E-state index contributed by atoms with van der Waals surface area (Å²) in [7, 11) is 0. The number of carboxylic acids is 1. The number of aliphatic carboxylic acids is 1. The maximum atomic E-state index is 11.6. The molecule has 76 valence electrons. The van der Waals surface area contributed by atoms with Crippen molar-refractivity contribution in [3.05, 3.63) is 10.5 Å². The topological polar surface area (TPSA) is 57.6 Å². The third-order valence-electron chi connectivity index (χ3n) is 1.60. The number of nitrogens with zero attached hydrogens (tertiary/aromatic N) is 1. The molecule has 1 heterocycles. The monoisotopic (exact) mass is 231 g/mol. The lowest BCUT2D eigenvalue weighted by Gasteiger charge is -2.10. The highest BCUT2D eigenvalue weighted by Gasteiger charge is 2.33. The summed E-state index contributed by atoms with van der Waals surface area (Å²) in [4.78, 5) is 23.7. The molecular weight excluding hydrogens is 222 g/mol. The highest BCUT2D eigenvalue weighted by Crippen LogP contribution is 2.32. The second kappa shape index (κ2) is 4.10. The van der Waals surface area contributed by atoms with E-state index < -0.39 is 5.97 Å². The number of hydrogen-bond acceptors (Lipinski definition) is 4. The molecule has 0 radical (unpaired) electrons. The molecule has 0 aromatic carbocycles. The minimum Gasteiger partial charge on any atom is -0.480 e. The number of carboxylic acid groups (broad SMARTS) is 1. The third-order valence-corrected chi connectivity index (χ3v) is 3.25. The Morgan fingerprint density at radius 1 is 1.57 bits per heavy atom. The van der Waals surface area contributed by atoms with E-state index in [1.165, 1.54) is 0 Å². The zero-order valence-electron chi connectivity index (χ0n) is 7.73. The smallest absolute Gasteiger partial charge is 0.323 e. The Balaban J connectivity index is 2.92. The first-order valence-electron chi connectivity index (χ1n) is 3.86. The van der Waals surface area contributed by atoms with Crippen molar-refractivity contribution in [2.24, 2.45) is 0 Å². The number of amides is 1. The molecule has 0 aromatic heterocycles. The first-order valence-corrected chi connectivity index (χ1v) is 5.09. The first kappa shape index (κ1) is 11.2. The molecule has 1 amide bonds. The van der Waals surface area contributed by atoms with Crippen molar-refractivity contribution < 1.29 is 14.7 Å². The lowest BCUT2D eigenvalue weighted by molar-refractivity contribution is -0.140. The SMILES string of the molecule is CC(C)=C1SC(=S)N(CC(=O)O)C1=O.